The van der Waals surface area contributed by atoms with Crippen LogP contribution in [0, 0.1) is 5.82 Å². The smallest absolute Gasteiger partial charge is 0.260 e. The Labute approximate surface area is 124 Å². The van der Waals surface area contributed by atoms with Crippen molar-refractivity contribution in [1.82, 2.24) is 5.32 Å². The third kappa shape index (κ3) is 4.70. The summed E-state index contributed by atoms with van der Waals surface area (Å²) in [5.41, 5.74) is -0.799. The fourth-order valence-electron chi connectivity index (χ4n) is 2.58. The molecule has 1 unspecified atom stereocenters. The number of carbonyl (C=O) groups excluding carboxylic acids is 1. The van der Waals surface area contributed by atoms with Crippen LogP contribution >= 0.6 is 0 Å². The monoisotopic (exact) mass is 295 g/mol. The molecule has 0 bridgehead atoms. The maximum absolute atomic E-state index is 13.0. The van der Waals surface area contributed by atoms with Gasteiger partial charge in [-0.05, 0) is 31.9 Å². The molecule has 1 saturated carbocycles. The highest BCUT2D eigenvalue weighted by Gasteiger charge is 2.30. The number of hydrogen-bond acceptors (Lipinski definition) is 3. The number of carbonyl (C=O) groups is 1. The number of halogens is 1. The minimum Gasteiger partial charge on any atom is -0.481 e. The first-order valence-electron chi connectivity index (χ1n) is 7.41. The summed E-state index contributed by atoms with van der Waals surface area (Å²) in [6.07, 6.45) is 3.80. The molecule has 0 aromatic heterocycles. The molecule has 2 rings (SSSR count). The Morgan fingerprint density at radius 3 is 2.81 bits per heavy atom. The Balaban J connectivity index is 1.82. The van der Waals surface area contributed by atoms with Crippen LogP contribution in [0.2, 0.25) is 0 Å². The van der Waals surface area contributed by atoms with E-state index in [9.17, 15) is 14.3 Å². The topological polar surface area (TPSA) is 58.6 Å². The molecule has 1 aromatic carbocycles. The molecular formula is C16H22FNO3. The van der Waals surface area contributed by atoms with Crippen molar-refractivity contribution >= 4 is 5.91 Å². The first-order chi connectivity index (χ1) is 9.98. The van der Waals surface area contributed by atoms with Crippen molar-refractivity contribution in [2.24, 2.45) is 0 Å². The summed E-state index contributed by atoms with van der Waals surface area (Å²) in [6, 6.07) is 5.68. The van der Waals surface area contributed by atoms with E-state index in [4.69, 9.17) is 4.74 Å². The summed E-state index contributed by atoms with van der Waals surface area (Å²) in [5.74, 6) is -0.399. The molecule has 116 valence electrons. The normalized spacial score (nSPS) is 18.8. The molecule has 5 heteroatoms. The first-order valence-corrected chi connectivity index (χ1v) is 7.41. The average Bonchev–Trinajstić information content (AvgIpc) is 2.45. The van der Waals surface area contributed by atoms with Crippen molar-refractivity contribution in [1.29, 1.82) is 0 Å². The molecule has 2 N–H and O–H groups in total. The third-order valence-corrected chi connectivity index (χ3v) is 3.85. The molecule has 0 aliphatic heterocycles. The quantitative estimate of drug-likeness (QED) is 0.877. The molecule has 0 radical (unpaired) electrons. The van der Waals surface area contributed by atoms with Crippen LogP contribution in [-0.2, 0) is 4.79 Å². The van der Waals surface area contributed by atoms with Crippen molar-refractivity contribution in [2.75, 3.05) is 6.54 Å². The Bertz CT molecular complexity index is 486. The lowest BCUT2D eigenvalue weighted by Gasteiger charge is -2.32. The standard InChI is InChI=1S/C16H22FNO3/c1-12(21-14-7-5-6-13(17)10-14)15(19)18-11-16(20)8-3-2-4-9-16/h5-7,10,12,20H,2-4,8-9,11H2,1H3,(H,18,19). The van der Waals surface area contributed by atoms with Crippen molar-refractivity contribution in [2.45, 2.75) is 50.7 Å². The van der Waals surface area contributed by atoms with Crippen LogP contribution in [0.1, 0.15) is 39.0 Å². The van der Waals surface area contributed by atoms with Gasteiger partial charge in [0.2, 0.25) is 0 Å². The highest BCUT2D eigenvalue weighted by Crippen LogP contribution is 2.27. The summed E-state index contributed by atoms with van der Waals surface area (Å²) < 4.78 is 18.4. The SMILES string of the molecule is CC(Oc1cccc(F)c1)C(=O)NCC1(O)CCCCC1. The van der Waals surface area contributed by atoms with E-state index in [0.717, 1.165) is 19.3 Å². The highest BCUT2D eigenvalue weighted by atomic mass is 19.1. The zero-order chi connectivity index (χ0) is 15.3. The van der Waals surface area contributed by atoms with E-state index in [-0.39, 0.29) is 12.5 Å². The van der Waals surface area contributed by atoms with E-state index in [1.165, 1.54) is 18.2 Å². The lowest BCUT2D eigenvalue weighted by Crippen LogP contribution is -2.47. The van der Waals surface area contributed by atoms with Crippen LogP contribution in [0.25, 0.3) is 0 Å². The van der Waals surface area contributed by atoms with Gasteiger partial charge in [-0.15, -0.1) is 0 Å². The average molecular weight is 295 g/mol. The molecule has 0 heterocycles. The van der Waals surface area contributed by atoms with E-state index in [0.29, 0.717) is 18.6 Å². The molecule has 1 aliphatic rings. The van der Waals surface area contributed by atoms with Crippen LogP contribution in [0.15, 0.2) is 24.3 Å². The predicted molar refractivity (Wildman–Crippen MR) is 77.5 cm³/mol. The van der Waals surface area contributed by atoms with Crippen LogP contribution in [0.4, 0.5) is 4.39 Å². The maximum atomic E-state index is 13.0. The van der Waals surface area contributed by atoms with E-state index in [2.05, 4.69) is 5.32 Å². The van der Waals surface area contributed by atoms with Gasteiger partial charge in [-0.1, -0.05) is 25.3 Å². The minimum absolute atomic E-state index is 0.239. The van der Waals surface area contributed by atoms with Gasteiger partial charge in [-0.2, -0.15) is 0 Å². The highest BCUT2D eigenvalue weighted by molar-refractivity contribution is 5.80. The molecule has 1 atom stereocenters. The van der Waals surface area contributed by atoms with Gasteiger partial charge in [0.25, 0.3) is 5.91 Å². The van der Waals surface area contributed by atoms with E-state index < -0.39 is 17.5 Å². The summed E-state index contributed by atoms with van der Waals surface area (Å²) in [4.78, 5) is 12.0. The first kappa shape index (κ1) is 15.8. The molecule has 4 nitrogen and oxygen atoms in total. The second kappa shape index (κ2) is 6.89. The zero-order valence-electron chi connectivity index (χ0n) is 12.3. The second-order valence-corrected chi connectivity index (χ2v) is 5.72. The fraction of sp³-hybridized carbons (Fsp3) is 0.562. The fourth-order valence-corrected chi connectivity index (χ4v) is 2.58. The lowest BCUT2D eigenvalue weighted by molar-refractivity contribution is -0.128. The summed E-state index contributed by atoms with van der Waals surface area (Å²) in [7, 11) is 0. The molecule has 0 spiro atoms. The second-order valence-electron chi connectivity index (χ2n) is 5.72. The van der Waals surface area contributed by atoms with E-state index >= 15 is 0 Å². The predicted octanol–water partition coefficient (Wildman–Crippen LogP) is 2.40. The molecule has 1 amide bonds. The summed E-state index contributed by atoms with van der Waals surface area (Å²) in [5, 5.41) is 13.0. The number of nitrogens with one attached hydrogen (secondary N) is 1. The molecular weight excluding hydrogens is 273 g/mol. The third-order valence-electron chi connectivity index (χ3n) is 3.85. The molecule has 0 saturated heterocycles. The summed E-state index contributed by atoms with van der Waals surface area (Å²) in [6.45, 7) is 1.84. The van der Waals surface area contributed by atoms with Crippen molar-refractivity contribution in [3.05, 3.63) is 30.1 Å². The van der Waals surface area contributed by atoms with Gasteiger partial charge in [0, 0.05) is 12.6 Å². The van der Waals surface area contributed by atoms with Crippen molar-refractivity contribution in [3.8, 4) is 5.75 Å². The van der Waals surface area contributed by atoms with Gasteiger partial charge in [-0.3, -0.25) is 4.79 Å². The van der Waals surface area contributed by atoms with E-state index in [1.54, 1.807) is 13.0 Å². The molecule has 21 heavy (non-hydrogen) atoms. The maximum Gasteiger partial charge on any atom is 0.260 e. The van der Waals surface area contributed by atoms with Gasteiger partial charge >= 0.3 is 0 Å². The van der Waals surface area contributed by atoms with Crippen molar-refractivity contribution in [3.63, 3.8) is 0 Å². The molecule has 1 aromatic rings. The summed E-state index contributed by atoms with van der Waals surface area (Å²) >= 11 is 0. The number of aliphatic hydroxyl groups is 1. The Kier molecular flexibility index (Phi) is 5.17. The van der Waals surface area contributed by atoms with Gasteiger partial charge < -0.3 is 15.2 Å². The van der Waals surface area contributed by atoms with E-state index in [1.807, 2.05) is 0 Å². The Hall–Kier alpha value is -1.62. The van der Waals surface area contributed by atoms with Gasteiger partial charge in [0.05, 0.1) is 5.60 Å². The van der Waals surface area contributed by atoms with Gasteiger partial charge in [-0.25, -0.2) is 4.39 Å². The molecule has 1 fully saturated rings. The molecule has 1 aliphatic carbocycles. The van der Waals surface area contributed by atoms with Crippen molar-refractivity contribution < 1.29 is 19.0 Å². The largest absolute Gasteiger partial charge is 0.481 e. The van der Waals surface area contributed by atoms with Crippen LogP contribution in [0.3, 0.4) is 0 Å². The van der Waals surface area contributed by atoms with Gasteiger partial charge in [0.1, 0.15) is 11.6 Å². The minimum atomic E-state index is -0.799. The number of ether oxygens (including phenoxy) is 1. The van der Waals surface area contributed by atoms with Crippen LogP contribution < -0.4 is 10.1 Å². The number of benzene rings is 1. The Morgan fingerprint density at radius 2 is 2.14 bits per heavy atom. The van der Waals surface area contributed by atoms with Crippen LogP contribution in [-0.4, -0.2) is 29.3 Å². The zero-order valence-corrected chi connectivity index (χ0v) is 12.3. The number of rotatable bonds is 5. The van der Waals surface area contributed by atoms with Gasteiger partial charge in [0.15, 0.2) is 6.10 Å². The van der Waals surface area contributed by atoms with Crippen LogP contribution in [0.5, 0.6) is 5.75 Å². The number of amides is 1. The number of hydrogen-bond donors (Lipinski definition) is 2. The Morgan fingerprint density at radius 1 is 1.43 bits per heavy atom. The lowest BCUT2D eigenvalue weighted by atomic mass is 9.85.